The molecule has 0 aliphatic carbocycles. The number of carbonyl (C=O) groups excluding carboxylic acids is 1. The third kappa shape index (κ3) is 4.75. The minimum atomic E-state index is -3.53. The van der Waals surface area contributed by atoms with E-state index in [2.05, 4.69) is 15.3 Å². The van der Waals surface area contributed by atoms with E-state index in [1.165, 1.54) is 10.6 Å². The molecule has 0 saturated carbocycles. The average molecular weight is 497 g/mol. The Morgan fingerprint density at radius 1 is 1.03 bits per heavy atom. The summed E-state index contributed by atoms with van der Waals surface area (Å²) in [5.41, 5.74) is 0.588. The minimum absolute atomic E-state index is 0.0588. The lowest BCUT2D eigenvalue weighted by Gasteiger charge is -2.34. The molecule has 1 aliphatic rings. The van der Waals surface area contributed by atoms with Gasteiger partial charge in [0.15, 0.2) is 0 Å². The molecule has 3 aromatic heterocycles. The predicted molar refractivity (Wildman–Crippen MR) is 131 cm³/mol. The van der Waals surface area contributed by atoms with Crippen LogP contribution in [0.15, 0.2) is 64.2 Å². The molecule has 5 rings (SSSR count). The number of sulfonamides is 1. The number of pyridine rings is 1. The number of piperazine rings is 1. The SMILES string of the molecule is O=C(Cn1cnc2c(oc3ccccc32)c1=O)NCCS(=O)(=O)N1CCN(c2ccccn2)CC1. The van der Waals surface area contributed by atoms with Gasteiger partial charge in [0.1, 0.15) is 23.5 Å². The lowest BCUT2D eigenvalue weighted by molar-refractivity contribution is -0.121. The van der Waals surface area contributed by atoms with Crippen molar-refractivity contribution in [1.29, 1.82) is 0 Å². The molecule has 1 amide bonds. The number of hydrogen-bond acceptors (Lipinski definition) is 8. The van der Waals surface area contributed by atoms with Crippen LogP contribution in [0, 0.1) is 0 Å². The number of hydrogen-bond donors (Lipinski definition) is 1. The number of aromatic nitrogens is 3. The highest BCUT2D eigenvalue weighted by Gasteiger charge is 2.27. The highest BCUT2D eigenvalue weighted by molar-refractivity contribution is 7.89. The zero-order valence-electron chi connectivity index (χ0n) is 18.8. The monoisotopic (exact) mass is 496 g/mol. The van der Waals surface area contributed by atoms with Gasteiger partial charge < -0.3 is 14.6 Å². The van der Waals surface area contributed by atoms with Crippen molar-refractivity contribution in [1.82, 2.24) is 24.2 Å². The van der Waals surface area contributed by atoms with Crippen molar-refractivity contribution < 1.29 is 17.6 Å². The van der Waals surface area contributed by atoms with Crippen LogP contribution in [0.25, 0.3) is 22.1 Å². The highest BCUT2D eigenvalue weighted by atomic mass is 32.2. The second-order valence-electron chi connectivity index (χ2n) is 8.19. The Morgan fingerprint density at radius 2 is 1.80 bits per heavy atom. The Kier molecular flexibility index (Phi) is 6.22. The quantitative estimate of drug-likeness (QED) is 0.398. The number of rotatable bonds is 7. The molecule has 0 bridgehead atoms. The molecular weight excluding hydrogens is 472 g/mol. The Hall–Kier alpha value is -3.77. The van der Waals surface area contributed by atoms with E-state index in [9.17, 15) is 18.0 Å². The molecule has 0 radical (unpaired) electrons. The fraction of sp³-hybridized carbons (Fsp3) is 0.304. The van der Waals surface area contributed by atoms with Gasteiger partial charge in [0.25, 0.3) is 5.56 Å². The van der Waals surface area contributed by atoms with E-state index < -0.39 is 21.5 Å². The van der Waals surface area contributed by atoms with Crippen molar-refractivity contribution in [2.45, 2.75) is 6.54 Å². The zero-order valence-corrected chi connectivity index (χ0v) is 19.6. The summed E-state index contributed by atoms with van der Waals surface area (Å²) in [5, 5.41) is 3.30. The molecule has 0 atom stereocenters. The number of anilines is 1. The Labute approximate surface area is 201 Å². The molecule has 1 saturated heterocycles. The van der Waals surface area contributed by atoms with Crippen LogP contribution in [0.3, 0.4) is 0 Å². The van der Waals surface area contributed by atoms with E-state index in [1.807, 2.05) is 35.2 Å². The number of benzene rings is 1. The van der Waals surface area contributed by atoms with E-state index in [0.29, 0.717) is 37.3 Å². The molecule has 1 aromatic carbocycles. The van der Waals surface area contributed by atoms with Crippen molar-refractivity contribution in [2.75, 3.05) is 43.4 Å². The summed E-state index contributed by atoms with van der Waals surface area (Å²) in [5.74, 6) is 0.111. The number of furan rings is 1. The normalized spacial score (nSPS) is 15.0. The van der Waals surface area contributed by atoms with E-state index >= 15 is 0 Å². The second-order valence-corrected chi connectivity index (χ2v) is 10.3. The molecule has 11 nitrogen and oxygen atoms in total. The second kappa shape index (κ2) is 9.47. The number of para-hydroxylation sites is 1. The number of fused-ring (bicyclic) bond motifs is 3. The van der Waals surface area contributed by atoms with Gasteiger partial charge in [-0.2, -0.15) is 4.31 Å². The first kappa shape index (κ1) is 23.0. The van der Waals surface area contributed by atoms with Crippen LogP contribution < -0.4 is 15.8 Å². The molecule has 1 N–H and O–H groups in total. The van der Waals surface area contributed by atoms with Crippen molar-refractivity contribution in [2.24, 2.45) is 0 Å². The lowest BCUT2D eigenvalue weighted by atomic mass is 10.2. The maximum atomic E-state index is 12.7. The predicted octanol–water partition coefficient (Wildman–Crippen LogP) is 0.806. The molecule has 4 aromatic rings. The summed E-state index contributed by atoms with van der Waals surface area (Å²) >= 11 is 0. The van der Waals surface area contributed by atoms with Crippen LogP contribution in [-0.2, 0) is 21.4 Å². The van der Waals surface area contributed by atoms with Crippen LogP contribution in [0.1, 0.15) is 0 Å². The number of carbonyl (C=O) groups is 1. The molecule has 0 spiro atoms. The summed E-state index contributed by atoms with van der Waals surface area (Å²) in [7, 11) is -3.53. The number of nitrogens with one attached hydrogen (secondary N) is 1. The van der Waals surface area contributed by atoms with Gasteiger partial charge >= 0.3 is 0 Å². The van der Waals surface area contributed by atoms with Crippen LogP contribution in [0.4, 0.5) is 5.82 Å². The summed E-state index contributed by atoms with van der Waals surface area (Å²) in [6, 6.07) is 12.8. The van der Waals surface area contributed by atoms with Crippen molar-refractivity contribution >= 4 is 43.8 Å². The van der Waals surface area contributed by atoms with Gasteiger partial charge in [-0.25, -0.2) is 18.4 Å². The molecule has 1 aliphatic heterocycles. The van der Waals surface area contributed by atoms with Gasteiger partial charge in [-0.05, 0) is 24.3 Å². The van der Waals surface area contributed by atoms with Crippen LogP contribution in [0.5, 0.6) is 0 Å². The van der Waals surface area contributed by atoms with Gasteiger partial charge in [-0.3, -0.25) is 14.2 Å². The first-order valence-corrected chi connectivity index (χ1v) is 12.8. The number of amides is 1. The topological polar surface area (TPSA) is 131 Å². The van der Waals surface area contributed by atoms with E-state index in [-0.39, 0.29) is 24.4 Å². The maximum Gasteiger partial charge on any atom is 0.297 e. The van der Waals surface area contributed by atoms with Gasteiger partial charge in [0, 0.05) is 44.3 Å². The first-order chi connectivity index (χ1) is 16.9. The first-order valence-electron chi connectivity index (χ1n) is 11.2. The minimum Gasteiger partial charge on any atom is -0.448 e. The van der Waals surface area contributed by atoms with E-state index in [1.54, 1.807) is 18.3 Å². The standard InChI is InChI=1S/C23H24N6O5S/c30-20(15-28-16-26-21-17-5-1-2-6-18(17)34-22(21)23(28)31)25-9-14-35(32,33)29-12-10-27(11-13-29)19-7-3-4-8-24-19/h1-8,16H,9-15H2,(H,25,30). The van der Waals surface area contributed by atoms with Gasteiger partial charge in [-0.1, -0.05) is 18.2 Å². The molecule has 0 unspecified atom stereocenters. The Balaban J connectivity index is 1.15. The summed E-state index contributed by atoms with van der Waals surface area (Å²) < 4.78 is 33.6. The molecule has 182 valence electrons. The lowest BCUT2D eigenvalue weighted by Crippen LogP contribution is -2.50. The largest absolute Gasteiger partial charge is 0.448 e. The van der Waals surface area contributed by atoms with Crippen LogP contribution in [0.2, 0.25) is 0 Å². The molecule has 12 heteroatoms. The van der Waals surface area contributed by atoms with Gasteiger partial charge in [-0.15, -0.1) is 0 Å². The van der Waals surface area contributed by atoms with Crippen LogP contribution in [-0.4, -0.2) is 71.6 Å². The average Bonchev–Trinajstić information content (AvgIpc) is 3.26. The fourth-order valence-electron chi connectivity index (χ4n) is 4.12. The number of nitrogens with zero attached hydrogens (tertiary/aromatic N) is 5. The van der Waals surface area contributed by atoms with Crippen molar-refractivity contribution in [3.63, 3.8) is 0 Å². The maximum absolute atomic E-state index is 12.7. The highest BCUT2D eigenvalue weighted by Crippen LogP contribution is 2.24. The van der Waals surface area contributed by atoms with Crippen molar-refractivity contribution in [3.8, 4) is 0 Å². The summed E-state index contributed by atoms with van der Waals surface area (Å²) in [6.07, 6.45) is 3.00. The third-order valence-electron chi connectivity index (χ3n) is 5.95. The Bertz CT molecular complexity index is 1520. The summed E-state index contributed by atoms with van der Waals surface area (Å²) in [4.78, 5) is 35.7. The molecular formula is C23H24N6O5S. The third-order valence-corrected chi connectivity index (χ3v) is 7.82. The van der Waals surface area contributed by atoms with E-state index in [4.69, 9.17) is 4.42 Å². The zero-order chi connectivity index (χ0) is 24.4. The molecule has 1 fully saturated rings. The molecule has 4 heterocycles. The van der Waals surface area contributed by atoms with Crippen molar-refractivity contribution in [3.05, 3.63) is 65.3 Å². The smallest absolute Gasteiger partial charge is 0.297 e. The Morgan fingerprint density at radius 3 is 2.57 bits per heavy atom. The molecule has 35 heavy (non-hydrogen) atoms. The van der Waals surface area contributed by atoms with Gasteiger partial charge in [0.05, 0.1) is 12.1 Å². The van der Waals surface area contributed by atoms with Crippen LogP contribution >= 0.6 is 0 Å². The van der Waals surface area contributed by atoms with Gasteiger partial charge in [0.2, 0.25) is 21.5 Å². The van der Waals surface area contributed by atoms with E-state index in [0.717, 1.165) is 15.8 Å². The summed E-state index contributed by atoms with van der Waals surface area (Å²) in [6.45, 7) is 1.45. The fourth-order valence-corrected chi connectivity index (χ4v) is 5.46.